The lowest BCUT2D eigenvalue weighted by Gasteiger charge is -2.22. The van der Waals surface area contributed by atoms with Gasteiger partial charge in [-0.15, -0.1) is 0 Å². The first-order valence-corrected chi connectivity index (χ1v) is 10.00. The number of rotatable bonds is 6. The number of benzene rings is 2. The molecule has 2 aromatic carbocycles. The monoisotopic (exact) mass is 417 g/mol. The summed E-state index contributed by atoms with van der Waals surface area (Å²) in [5.74, 6) is 1.18. The van der Waals surface area contributed by atoms with Gasteiger partial charge in [0.15, 0.2) is 5.75 Å². The fourth-order valence-electron chi connectivity index (χ4n) is 3.39. The van der Waals surface area contributed by atoms with Gasteiger partial charge in [0, 0.05) is 25.7 Å². The van der Waals surface area contributed by atoms with Crippen molar-refractivity contribution in [1.29, 1.82) is 0 Å². The van der Waals surface area contributed by atoms with Crippen LogP contribution in [0.5, 0.6) is 17.4 Å². The first-order valence-electron chi connectivity index (χ1n) is 10.00. The first-order chi connectivity index (χ1) is 15.0. The molecule has 1 aromatic heterocycles. The number of nitrogens with one attached hydrogen (secondary N) is 1. The lowest BCUT2D eigenvalue weighted by molar-refractivity contribution is -0.121. The third kappa shape index (κ3) is 4.50. The van der Waals surface area contributed by atoms with Gasteiger partial charge in [-0.1, -0.05) is 18.2 Å². The Morgan fingerprint density at radius 1 is 1.16 bits per heavy atom. The summed E-state index contributed by atoms with van der Waals surface area (Å²) in [6.45, 7) is 2.57. The maximum atomic E-state index is 13.2. The molecule has 0 aliphatic carbocycles. The molecule has 7 nitrogen and oxygen atoms in total. The lowest BCUT2D eigenvalue weighted by Crippen LogP contribution is -2.35. The van der Waals surface area contributed by atoms with E-state index in [1.54, 1.807) is 30.3 Å². The fraction of sp³-hybridized carbons (Fsp3) is 0.208. The van der Waals surface area contributed by atoms with Gasteiger partial charge in [-0.2, -0.15) is 0 Å². The van der Waals surface area contributed by atoms with Crippen LogP contribution in [0.25, 0.3) is 0 Å². The maximum Gasteiger partial charge on any atom is 0.263 e. The number of aryl methyl sites for hydroxylation is 1. The van der Waals surface area contributed by atoms with E-state index in [2.05, 4.69) is 10.3 Å². The quantitative estimate of drug-likeness (QED) is 0.659. The molecule has 0 spiro atoms. The number of ether oxygens (including phenoxy) is 2. The summed E-state index contributed by atoms with van der Waals surface area (Å²) in [4.78, 5) is 31.5. The molecular formula is C24H23N3O4. The van der Waals surface area contributed by atoms with Crippen molar-refractivity contribution in [3.05, 3.63) is 77.5 Å². The number of carbonyl (C=O) groups is 2. The summed E-state index contributed by atoms with van der Waals surface area (Å²) in [7, 11) is 1.61. The second-order valence-electron chi connectivity index (χ2n) is 7.26. The Hall–Kier alpha value is -3.87. The predicted molar refractivity (Wildman–Crippen MR) is 117 cm³/mol. The molecule has 1 aliphatic heterocycles. The smallest absolute Gasteiger partial charge is 0.263 e. The molecule has 2 amide bonds. The summed E-state index contributed by atoms with van der Waals surface area (Å²) in [6.07, 6.45) is 1.74. The van der Waals surface area contributed by atoms with E-state index in [1.807, 2.05) is 49.4 Å². The van der Waals surface area contributed by atoms with Gasteiger partial charge >= 0.3 is 0 Å². The second-order valence-corrected chi connectivity index (χ2v) is 7.26. The molecule has 0 bridgehead atoms. The van der Waals surface area contributed by atoms with Gasteiger partial charge in [0.05, 0.1) is 12.8 Å². The van der Waals surface area contributed by atoms with Crippen molar-refractivity contribution in [2.24, 2.45) is 0 Å². The molecule has 4 rings (SSSR count). The van der Waals surface area contributed by atoms with E-state index in [0.717, 1.165) is 16.9 Å². The summed E-state index contributed by atoms with van der Waals surface area (Å²) >= 11 is 0. The van der Waals surface area contributed by atoms with Gasteiger partial charge in [-0.05, 0) is 54.4 Å². The third-order valence-corrected chi connectivity index (χ3v) is 5.07. The van der Waals surface area contributed by atoms with Crippen LogP contribution in [0, 0.1) is 6.92 Å². The second kappa shape index (κ2) is 8.87. The maximum absolute atomic E-state index is 13.2. The zero-order valence-electron chi connectivity index (χ0n) is 17.4. The molecule has 158 valence electrons. The van der Waals surface area contributed by atoms with Crippen molar-refractivity contribution in [3.8, 4) is 17.4 Å². The molecule has 3 aromatic rings. The molecule has 0 saturated carbocycles. The summed E-state index contributed by atoms with van der Waals surface area (Å²) in [5, 5.41) is 2.90. The Balaban J connectivity index is 1.48. The van der Waals surface area contributed by atoms with Gasteiger partial charge in [-0.3, -0.25) is 9.59 Å². The van der Waals surface area contributed by atoms with Crippen LogP contribution in [0.15, 0.2) is 60.8 Å². The van der Waals surface area contributed by atoms with Gasteiger partial charge in [0.1, 0.15) is 11.3 Å². The van der Waals surface area contributed by atoms with E-state index in [9.17, 15) is 9.59 Å². The number of hydrogen-bond donors (Lipinski definition) is 1. The fourth-order valence-corrected chi connectivity index (χ4v) is 3.39. The van der Waals surface area contributed by atoms with Gasteiger partial charge < -0.3 is 19.7 Å². The molecule has 1 aliphatic rings. The van der Waals surface area contributed by atoms with Gasteiger partial charge in [0.25, 0.3) is 5.91 Å². The van der Waals surface area contributed by atoms with E-state index in [-0.39, 0.29) is 30.7 Å². The van der Waals surface area contributed by atoms with E-state index >= 15 is 0 Å². The number of pyridine rings is 1. The minimum atomic E-state index is -0.240. The molecule has 1 N–H and O–H groups in total. The van der Waals surface area contributed by atoms with E-state index in [0.29, 0.717) is 23.5 Å². The predicted octanol–water partition coefficient (Wildman–Crippen LogP) is 3.86. The van der Waals surface area contributed by atoms with Crippen molar-refractivity contribution in [3.63, 3.8) is 0 Å². The normalized spacial score (nSPS) is 12.3. The number of aromatic nitrogens is 1. The first kappa shape index (κ1) is 20.4. The Kier molecular flexibility index (Phi) is 5.84. The highest BCUT2D eigenvalue weighted by molar-refractivity contribution is 6.09. The van der Waals surface area contributed by atoms with Gasteiger partial charge in [0.2, 0.25) is 11.8 Å². The van der Waals surface area contributed by atoms with Crippen LogP contribution in [0.3, 0.4) is 0 Å². The van der Waals surface area contributed by atoms with Crippen molar-refractivity contribution in [2.45, 2.75) is 19.9 Å². The molecule has 0 radical (unpaired) electrons. The van der Waals surface area contributed by atoms with Crippen LogP contribution in [-0.4, -0.2) is 30.5 Å². The molecular weight excluding hydrogens is 394 g/mol. The van der Waals surface area contributed by atoms with Crippen molar-refractivity contribution in [1.82, 2.24) is 10.3 Å². The number of fused-ring (bicyclic) bond motifs is 2. The molecule has 0 saturated heterocycles. The Labute approximate surface area is 180 Å². The number of nitrogens with zero attached hydrogens (tertiary/aromatic N) is 2. The number of anilines is 1. The van der Waals surface area contributed by atoms with Crippen LogP contribution in [0.4, 0.5) is 5.69 Å². The topological polar surface area (TPSA) is 80.8 Å². The molecule has 31 heavy (non-hydrogen) atoms. The number of hydrogen-bond acceptors (Lipinski definition) is 5. The minimum absolute atomic E-state index is 0.144. The van der Waals surface area contributed by atoms with Crippen LogP contribution in [0.1, 0.15) is 27.9 Å². The van der Waals surface area contributed by atoms with Crippen LogP contribution >= 0.6 is 0 Å². The SMILES string of the molecule is COc1ccc(CNC(=O)CCN2C(=O)c3cccnc3Oc3ccc(C)cc32)cc1. The number of carbonyl (C=O) groups excluding carboxylic acids is 2. The summed E-state index contributed by atoms with van der Waals surface area (Å²) in [5.41, 5.74) is 2.96. The highest BCUT2D eigenvalue weighted by Crippen LogP contribution is 2.38. The zero-order chi connectivity index (χ0) is 21.8. The van der Waals surface area contributed by atoms with Crippen LogP contribution < -0.4 is 19.7 Å². The molecule has 0 atom stereocenters. The lowest BCUT2D eigenvalue weighted by atomic mass is 10.1. The van der Waals surface area contributed by atoms with Crippen molar-refractivity contribution in [2.75, 3.05) is 18.6 Å². The van der Waals surface area contributed by atoms with Crippen molar-refractivity contribution < 1.29 is 19.1 Å². The van der Waals surface area contributed by atoms with Crippen LogP contribution in [-0.2, 0) is 11.3 Å². The highest BCUT2D eigenvalue weighted by atomic mass is 16.5. The Morgan fingerprint density at radius 3 is 2.74 bits per heavy atom. The molecule has 2 heterocycles. The number of amides is 2. The van der Waals surface area contributed by atoms with E-state index in [4.69, 9.17) is 9.47 Å². The van der Waals surface area contributed by atoms with Gasteiger partial charge in [-0.25, -0.2) is 4.98 Å². The Morgan fingerprint density at radius 2 is 1.97 bits per heavy atom. The average molecular weight is 417 g/mol. The van der Waals surface area contributed by atoms with E-state index in [1.165, 1.54) is 0 Å². The zero-order valence-corrected chi connectivity index (χ0v) is 17.4. The summed E-state index contributed by atoms with van der Waals surface area (Å²) < 4.78 is 11.0. The highest BCUT2D eigenvalue weighted by Gasteiger charge is 2.29. The van der Waals surface area contributed by atoms with Crippen molar-refractivity contribution >= 4 is 17.5 Å². The number of methoxy groups -OCH3 is 1. The molecule has 7 heteroatoms. The molecule has 0 unspecified atom stereocenters. The largest absolute Gasteiger partial charge is 0.497 e. The van der Waals surface area contributed by atoms with E-state index < -0.39 is 0 Å². The Bertz CT molecular complexity index is 1110. The standard InChI is InChI=1S/C24H23N3O4/c1-16-5-10-21-20(14-16)27(24(29)19-4-3-12-25-23(19)31-21)13-11-22(28)26-15-17-6-8-18(30-2)9-7-17/h3-10,12,14H,11,13,15H2,1-2H3,(H,26,28). The molecule has 0 fully saturated rings. The average Bonchev–Trinajstić information content (AvgIpc) is 2.90. The summed E-state index contributed by atoms with van der Waals surface area (Å²) in [6, 6.07) is 16.5. The minimum Gasteiger partial charge on any atom is -0.497 e. The van der Waals surface area contributed by atoms with Crippen LogP contribution in [0.2, 0.25) is 0 Å². The third-order valence-electron chi connectivity index (χ3n) is 5.07.